The van der Waals surface area contributed by atoms with Crippen molar-refractivity contribution in [1.82, 2.24) is 4.98 Å². The number of pyridine rings is 1. The van der Waals surface area contributed by atoms with Crippen LogP contribution in [0.25, 0.3) is 33.2 Å². The summed E-state index contributed by atoms with van der Waals surface area (Å²) >= 11 is 0. The molecule has 0 atom stereocenters. The minimum Gasteiger partial charge on any atom is -0.512 e. The van der Waals surface area contributed by atoms with Gasteiger partial charge in [-0.2, -0.15) is 0 Å². The fraction of sp³-hybridized carbons (Fsp3) is 0.226. The Balaban J connectivity index is 0.000000338. The third-order valence-electron chi connectivity index (χ3n) is 7.41. The normalized spacial score (nSPS) is 15.6. The molecule has 4 aromatic rings. The van der Waals surface area contributed by atoms with Crippen molar-refractivity contribution in [2.45, 2.75) is 46.2 Å². The molecule has 1 radical (unpaired) electrons. The van der Waals surface area contributed by atoms with Crippen molar-refractivity contribution in [3.63, 3.8) is 0 Å². The van der Waals surface area contributed by atoms with Gasteiger partial charge in [0.1, 0.15) is 0 Å². The van der Waals surface area contributed by atoms with Gasteiger partial charge in [0.05, 0.1) is 13.8 Å². The molecule has 6 rings (SSSR count). The Labute approximate surface area is 227 Å². The van der Waals surface area contributed by atoms with Crippen molar-refractivity contribution in [3.05, 3.63) is 89.8 Å². The number of rotatable bonds is 1. The molecule has 5 heteroatoms. The van der Waals surface area contributed by atoms with Crippen LogP contribution in [-0.4, -0.2) is 23.9 Å². The van der Waals surface area contributed by atoms with Gasteiger partial charge < -0.3 is 10.1 Å². The van der Waals surface area contributed by atoms with E-state index in [9.17, 15) is 4.79 Å². The molecule has 2 heterocycles. The number of benzene rings is 3. The van der Waals surface area contributed by atoms with Gasteiger partial charge in [-0.3, -0.25) is 4.79 Å². The zero-order valence-electron chi connectivity index (χ0n) is 21.5. The van der Waals surface area contributed by atoms with E-state index in [1.807, 2.05) is 6.20 Å². The van der Waals surface area contributed by atoms with Gasteiger partial charge in [-0.25, -0.2) is 0 Å². The second-order valence-corrected chi connectivity index (χ2v) is 14.9. The van der Waals surface area contributed by atoms with Crippen LogP contribution < -0.4 is 10.4 Å². The van der Waals surface area contributed by atoms with Gasteiger partial charge in [-0.1, -0.05) is 85.7 Å². The standard InChI is InChI=1S/C26H22NSi.C5H8O2.Ir/c1-26(2)19-12-8-14-21-23(19)22-18(11-7-13-20(22)28(21,3)4)25-24(26)17-10-6-5-9-16(17)15-27-25;1-4(6)3-5(2)7;/h5-10,12-15H,1-4H3;3,6H,1-2H3;/q-1;;/b;4-3-;. The second-order valence-electron chi connectivity index (χ2n) is 10.6. The average Bonchev–Trinajstić information content (AvgIpc) is 2.99. The van der Waals surface area contributed by atoms with Crippen molar-refractivity contribution in [2.75, 3.05) is 0 Å². The van der Waals surface area contributed by atoms with E-state index in [4.69, 9.17) is 10.1 Å². The zero-order valence-corrected chi connectivity index (χ0v) is 24.9. The Hall–Kier alpha value is -2.85. The van der Waals surface area contributed by atoms with E-state index in [1.165, 1.54) is 63.7 Å². The van der Waals surface area contributed by atoms with Crippen molar-refractivity contribution in [3.8, 4) is 22.4 Å². The Bertz CT molecular complexity index is 1550. The summed E-state index contributed by atoms with van der Waals surface area (Å²) in [6.45, 7) is 12.5. The maximum atomic E-state index is 10.0. The molecule has 0 amide bonds. The maximum absolute atomic E-state index is 10.0. The number of nitrogens with zero attached hydrogens (tertiary/aromatic N) is 1. The van der Waals surface area contributed by atoms with E-state index < -0.39 is 8.07 Å². The van der Waals surface area contributed by atoms with Crippen LogP contribution in [0.3, 0.4) is 0 Å². The van der Waals surface area contributed by atoms with Crippen LogP contribution in [0.4, 0.5) is 0 Å². The molecule has 1 aliphatic heterocycles. The molecule has 0 saturated carbocycles. The fourth-order valence-corrected chi connectivity index (χ4v) is 8.95. The van der Waals surface area contributed by atoms with Crippen LogP contribution >= 0.6 is 0 Å². The summed E-state index contributed by atoms with van der Waals surface area (Å²) in [6.07, 6.45) is 3.20. The van der Waals surface area contributed by atoms with E-state index in [2.05, 4.69) is 87.6 Å². The molecule has 1 aliphatic carbocycles. The summed E-state index contributed by atoms with van der Waals surface area (Å²) in [7, 11) is -1.71. The fourth-order valence-electron chi connectivity index (χ4n) is 5.89. The van der Waals surface area contributed by atoms with Gasteiger partial charge in [-0.15, -0.1) is 28.9 Å². The number of fused-ring (bicyclic) bond motifs is 4. The van der Waals surface area contributed by atoms with E-state index >= 15 is 0 Å². The molecule has 0 fully saturated rings. The number of aromatic nitrogens is 1. The third-order valence-corrected chi connectivity index (χ3v) is 10.9. The Kier molecular flexibility index (Phi) is 6.72. The van der Waals surface area contributed by atoms with Gasteiger partial charge in [0.2, 0.25) is 0 Å². The predicted molar refractivity (Wildman–Crippen MR) is 147 cm³/mol. The van der Waals surface area contributed by atoms with Gasteiger partial charge in [0, 0.05) is 37.8 Å². The monoisotopic (exact) mass is 669 g/mol. The predicted octanol–water partition coefficient (Wildman–Crippen LogP) is 6.18. The van der Waals surface area contributed by atoms with Crippen LogP contribution in [0.2, 0.25) is 13.1 Å². The van der Waals surface area contributed by atoms with Crippen molar-refractivity contribution < 1.29 is 30.0 Å². The Morgan fingerprint density at radius 3 is 2.36 bits per heavy atom. The SMILES string of the molecule is CC(=O)/C=C(/C)O.CC1(C)c2cccc3c2-c2c([c-]ccc2[Si]3(C)C)-c2ncc3ccccc3c21.[Ir]. The van der Waals surface area contributed by atoms with Crippen molar-refractivity contribution in [1.29, 1.82) is 0 Å². The van der Waals surface area contributed by atoms with Crippen molar-refractivity contribution >= 4 is 35.0 Å². The van der Waals surface area contributed by atoms with Gasteiger partial charge in [-0.05, 0) is 41.4 Å². The first-order valence-corrected chi connectivity index (χ1v) is 15.0. The van der Waals surface area contributed by atoms with Crippen LogP contribution in [0.1, 0.15) is 38.8 Å². The Morgan fingerprint density at radius 2 is 1.69 bits per heavy atom. The summed E-state index contributed by atoms with van der Waals surface area (Å²) in [4.78, 5) is 15.0. The number of carbonyl (C=O) groups is 1. The zero-order chi connectivity index (χ0) is 25.1. The number of hydrogen-bond acceptors (Lipinski definition) is 3. The minimum atomic E-state index is -1.71. The number of aliphatic hydroxyl groups excluding tert-OH is 1. The van der Waals surface area contributed by atoms with E-state index in [-0.39, 0.29) is 37.1 Å². The number of carbonyl (C=O) groups excluding carboxylic acids is 1. The summed E-state index contributed by atoms with van der Waals surface area (Å²) in [5.41, 5.74) is 7.80. The smallest absolute Gasteiger partial charge is 0.155 e. The van der Waals surface area contributed by atoms with E-state index in [1.54, 1.807) is 5.19 Å². The van der Waals surface area contributed by atoms with Gasteiger partial charge in [0.15, 0.2) is 5.78 Å². The molecule has 0 bridgehead atoms. The van der Waals surface area contributed by atoms with Crippen LogP contribution in [0.15, 0.2) is 72.6 Å². The molecule has 0 saturated heterocycles. The first-order chi connectivity index (χ1) is 16.5. The molecular formula is C31H30IrNO2Si-. The average molecular weight is 669 g/mol. The maximum Gasteiger partial charge on any atom is 0.155 e. The van der Waals surface area contributed by atoms with Gasteiger partial charge >= 0.3 is 0 Å². The summed E-state index contributed by atoms with van der Waals surface area (Å²) in [6, 6.07) is 23.7. The van der Waals surface area contributed by atoms with E-state index in [0.717, 1.165) is 5.69 Å². The number of aliphatic hydroxyl groups is 1. The molecule has 1 aromatic heterocycles. The molecule has 3 nitrogen and oxygen atoms in total. The molecule has 1 N–H and O–H groups in total. The number of allylic oxidation sites excluding steroid dienone is 2. The molecule has 185 valence electrons. The van der Waals surface area contributed by atoms with Gasteiger partial charge in [0.25, 0.3) is 0 Å². The van der Waals surface area contributed by atoms with Crippen molar-refractivity contribution in [2.24, 2.45) is 0 Å². The topological polar surface area (TPSA) is 50.2 Å². The summed E-state index contributed by atoms with van der Waals surface area (Å²) in [5, 5.41) is 14.0. The largest absolute Gasteiger partial charge is 0.512 e. The third kappa shape index (κ3) is 3.90. The van der Waals surface area contributed by atoms with Crippen LogP contribution in [0.5, 0.6) is 0 Å². The molecule has 36 heavy (non-hydrogen) atoms. The summed E-state index contributed by atoms with van der Waals surface area (Å²) < 4.78 is 0. The van der Waals surface area contributed by atoms with Crippen LogP contribution in [-0.2, 0) is 30.3 Å². The molecule has 0 spiro atoms. The second kappa shape index (κ2) is 9.22. The minimum absolute atomic E-state index is 0. The number of hydrogen-bond donors (Lipinski definition) is 1. The molecule has 3 aromatic carbocycles. The Morgan fingerprint density at radius 1 is 1.00 bits per heavy atom. The molecular weight excluding hydrogens is 639 g/mol. The number of ketones is 1. The van der Waals surface area contributed by atoms with Crippen LogP contribution in [0, 0.1) is 6.07 Å². The first kappa shape index (κ1) is 26.2. The first-order valence-electron chi connectivity index (χ1n) is 12.0. The summed E-state index contributed by atoms with van der Waals surface area (Å²) in [5.74, 6) is -0.0625. The molecule has 2 aliphatic rings. The molecule has 0 unspecified atom stereocenters. The quantitative estimate of drug-likeness (QED) is 0.114. The van der Waals surface area contributed by atoms with E-state index in [0.29, 0.717) is 0 Å².